The summed E-state index contributed by atoms with van der Waals surface area (Å²) in [5.41, 5.74) is 1.29. The van der Waals surface area contributed by atoms with Gasteiger partial charge in [-0.2, -0.15) is 5.26 Å². The maximum atomic E-state index is 12.2. The minimum Gasteiger partial charge on any atom is -0.450 e. The molecule has 24 heavy (non-hydrogen) atoms. The fourth-order valence-electron chi connectivity index (χ4n) is 2.43. The summed E-state index contributed by atoms with van der Waals surface area (Å²) in [5, 5.41) is 9.68. The number of esters is 1. The average Bonchev–Trinajstić information content (AvgIpc) is 2.94. The van der Waals surface area contributed by atoms with E-state index in [0.29, 0.717) is 24.2 Å². The van der Waals surface area contributed by atoms with Gasteiger partial charge in [0.05, 0.1) is 12.0 Å². The van der Waals surface area contributed by atoms with Gasteiger partial charge in [0, 0.05) is 24.0 Å². The summed E-state index contributed by atoms with van der Waals surface area (Å²) >= 11 is 0. The first-order valence-corrected chi connectivity index (χ1v) is 7.80. The molecule has 0 aliphatic rings. The van der Waals surface area contributed by atoms with E-state index in [1.807, 2.05) is 25.1 Å². The molecule has 1 heterocycles. The number of rotatable bonds is 6. The number of aryl methyl sites for hydroxylation is 1. The van der Waals surface area contributed by atoms with Crippen molar-refractivity contribution in [1.29, 1.82) is 5.26 Å². The fraction of sp³-hybridized carbons (Fsp3) is 0.389. The van der Waals surface area contributed by atoms with Crippen molar-refractivity contribution in [3.63, 3.8) is 0 Å². The number of carbonyl (C=O) groups excluding carboxylic acids is 2. The zero-order valence-electron chi connectivity index (χ0n) is 14.0. The van der Waals surface area contributed by atoms with Crippen molar-refractivity contribution in [1.82, 2.24) is 4.90 Å². The van der Waals surface area contributed by atoms with E-state index in [2.05, 4.69) is 6.07 Å². The molecule has 1 aromatic heterocycles. The smallest absolute Gasteiger partial charge is 0.375 e. The summed E-state index contributed by atoms with van der Waals surface area (Å²) in [4.78, 5) is 25.8. The average molecular weight is 328 g/mol. The molecule has 6 heteroatoms. The molecule has 0 fully saturated rings. The van der Waals surface area contributed by atoms with Crippen molar-refractivity contribution in [2.45, 2.75) is 20.8 Å². The Morgan fingerprint density at radius 1 is 1.38 bits per heavy atom. The van der Waals surface area contributed by atoms with E-state index in [4.69, 9.17) is 14.4 Å². The molecule has 2 rings (SSSR count). The molecule has 2 aromatic rings. The quantitative estimate of drug-likeness (QED) is 0.761. The number of nitriles is 1. The lowest BCUT2D eigenvalue weighted by atomic mass is 10.1. The second-order valence-corrected chi connectivity index (χ2v) is 5.59. The van der Waals surface area contributed by atoms with Crippen molar-refractivity contribution in [3.05, 3.63) is 35.6 Å². The zero-order chi connectivity index (χ0) is 17.7. The number of hydrogen-bond donors (Lipinski definition) is 0. The van der Waals surface area contributed by atoms with Crippen LogP contribution in [0, 0.1) is 24.2 Å². The van der Waals surface area contributed by atoms with Gasteiger partial charge in [-0.15, -0.1) is 0 Å². The second-order valence-electron chi connectivity index (χ2n) is 5.59. The SMILES string of the molecule is CCN(C[C@@H](C)C#N)C(=O)COC(=O)c1oc2ccccc2c1C. The number of para-hydroxylation sites is 1. The first-order valence-electron chi connectivity index (χ1n) is 7.80. The summed E-state index contributed by atoms with van der Waals surface area (Å²) in [6.45, 7) is 5.71. The van der Waals surface area contributed by atoms with Crippen LogP contribution in [0.25, 0.3) is 11.0 Å². The molecule has 0 saturated carbocycles. The number of fused-ring (bicyclic) bond motifs is 1. The molecule has 1 atom stereocenters. The van der Waals surface area contributed by atoms with Crippen LogP contribution in [0.5, 0.6) is 0 Å². The van der Waals surface area contributed by atoms with Gasteiger partial charge < -0.3 is 14.1 Å². The highest BCUT2D eigenvalue weighted by Gasteiger charge is 2.21. The summed E-state index contributed by atoms with van der Waals surface area (Å²) in [7, 11) is 0. The van der Waals surface area contributed by atoms with E-state index in [-0.39, 0.29) is 24.2 Å². The van der Waals surface area contributed by atoms with Crippen LogP contribution in [-0.4, -0.2) is 36.5 Å². The topological polar surface area (TPSA) is 83.5 Å². The van der Waals surface area contributed by atoms with Crippen molar-refractivity contribution in [2.75, 3.05) is 19.7 Å². The normalized spacial score (nSPS) is 11.8. The van der Waals surface area contributed by atoms with E-state index in [0.717, 1.165) is 5.39 Å². The first-order chi connectivity index (χ1) is 11.5. The molecule has 0 N–H and O–H groups in total. The predicted octanol–water partition coefficient (Wildman–Crippen LogP) is 2.91. The van der Waals surface area contributed by atoms with Crippen molar-refractivity contribution in [2.24, 2.45) is 5.92 Å². The zero-order valence-corrected chi connectivity index (χ0v) is 14.0. The number of amides is 1. The van der Waals surface area contributed by atoms with Gasteiger partial charge in [0.15, 0.2) is 6.61 Å². The molecule has 0 aliphatic heterocycles. The minimum atomic E-state index is -0.665. The largest absolute Gasteiger partial charge is 0.450 e. The van der Waals surface area contributed by atoms with Crippen LogP contribution in [0.3, 0.4) is 0 Å². The van der Waals surface area contributed by atoms with Crippen LogP contribution in [-0.2, 0) is 9.53 Å². The highest BCUT2D eigenvalue weighted by Crippen LogP contribution is 2.25. The highest BCUT2D eigenvalue weighted by atomic mass is 16.5. The second kappa shape index (κ2) is 7.64. The number of carbonyl (C=O) groups is 2. The van der Waals surface area contributed by atoms with E-state index < -0.39 is 5.97 Å². The van der Waals surface area contributed by atoms with Gasteiger partial charge in [0.1, 0.15) is 5.58 Å². The van der Waals surface area contributed by atoms with Gasteiger partial charge in [0.25, 0.3) is 5.91 Å². The molecule has 0 aliphatic carbocycles. The fourth-order valence-corrected chi connectivity index (χ4v) is 2.43. The Labute approximate surface area is 140 Å². The molecule has 126 valence electrons. The molecule has 0 bridgehead atoms. The van der Waals surface area contributed by atoms with Gasteiger partial charge in [0.2, 0.25) is 5.76 Å². The van der Waals surface area contributed by atoms with E-state index >= 15 is 0 Å². The molecule has 6 nitrogen and oxygen atoms in total. The Morgan fingerprint density at radius 3 is 2.71 bits per heavy atom. The van der Waals surface area contributed by atoms with Gasteiger partial charge in [-0.1, -0.05) is 18.2 Å². The van der Waals surface area contributed by atoms with Crippen LogP contribution >= 0.6 is 0 Å². The van der Waals surface area contributed by atoms with Gasteiger partial charge in [-0.3, -0.25) is 4.79 Å². The van der Waals surface area contributed by atoms with Crippen LogP contribution in [0.1, 0.15) is 30.0 Å². The maximum Gasteiger partial charge on any atom is 0.375 e. The van der Waals surface area contributed by atoms with E-state index in [1.54, 1.807) is 19.9 Å². The summed E-state index contributed by atoms with van der Waals surface area (Å²) in [6, 6.07) is 9.39. The van der Waals surface area contributed by atoms with Gasteiger partial charge in [-0.25, -0.2) is 4.79 Å². The molecule has 0 spiro atoms. The molecule has 1 amide bonds. The third-order valence-corrected chi connectivity index (χ3v) is 3.80. The molecule has 0 saturated heterocycles. The lowest BCUT2D eigenvalue weighted by molar-refractivity contribution is -0.134. The van der Waals surface area contributed by atoms with Crippen LogP contribution < -0.4 is 0 Å². The van der Waals surface area contributed by atoms with Crippen LogP contribution in [0.4, 0.5) is 0 Å². The number of furan rings is 1. The lowest BCUT2D eigenvalue weighted by Gasteiger charge is -2.21. The molecular weight excluding hydrogens is 308 g/mol. The van der Waals surface area contributed by atoms with Crippen LogP contribution in [0.2, 0.25) is 0 Å². The Kier molecular flexibility index (Phi) is 5.59. The first kappa shape index (κ1) is 17.5. The molecule has 1 aromatic carbocycles. The van der Waals surface area contributed by atoms with Crippen molar-refractivity contribution < 1.29 is 18.7 Å². The molecule has 0 radical (unpaired) electrons. The number of ether oxygens (including phenoxy) is 1. The number of benzene rings is 1. The highest BCUT2D eigenvalue weighted by molar-refractivity contribution is 5.96. The minimum absolute atomic E-state index is 0.109. The Morgan fingerprint density at radius 2 is 2.08 bits per heavy atom. The maximum absolute atomic E-state index is 12.2. The lowest BCUT2D eigenvalue weighted by Crippen LogP contribution is -2.37. The third kappa shape index (κ3) is 3.74. The van der Waals surface area contributed by atoms with Crippen molar-refractivity contribution in [3.8, 4) is 6.07 Å². The summed E-state index contributed by atoms with van der Waals surface area (Å²) in [6.07, 6.45) is 0. The monoisotopic (exact) mass is 328 g/mol. The Balaban J connectivity index is 2.02. The molecule has 0 unspecified atom stereocenters. The van der Waals surface area contributed by atoms with Gasteiger partial charge in [-0.05, 0) is 26.8 Å². The van der Waals surface area contributed by atoms with Gasteiger partial charge >= 0.3 is 5.97 Å². The summed E-state index contributed by atoms with van der Waals surface area (Å²) < 4.78 is 10.6. The van der Waals surface area contributed by atoms with E-state index in [1.165, 1.54) is 4.90 Å². The Hall–Kier alpha value is -2.81. The number of nitrogens with zero attached hydrogens (tertiary/aromatic N) is 2. The van der Waals surface area contributed by atoms with Crippen LogP contribution in [0.15, 0.2) is 28.7 Å². The predicted molar refractivity (Wildman–Crippen MR) is 88.3 cm³/mol. The standard InChI is InChI=1S/C18H20N2O4/c1-4-20(10-12(2)9-19)16(21)11-23-18(22)17-13(3)14-7-5-6-8-15(14)24-17/h5-8,12H,4,10-11H2,1-3H3/t12-/m0/s1. The number of likely N-dealkylation sites (N-methyl/N-ethyl adjacent to an activating group) is 1. The molecular formula is C18H20N2O4. The Bertz CT molecular complexity index is 788. The third-order valence-electron chi connectivity index (χ3n) is 3.80. The number of hydrogen-bond acceptors (Lipinski definition) is 5. The van der Waals surface area contributed by atoms with E-state index in [9.17, 15) is 9.59 Å². The summed E-state index contributed by atoms with van der Waals surface area (Å²) in [5.74, 6) is -1.16. The van der Waals surface area contributed by atoms with Crippen molar-refractivity contribution >= 4 is 22.8 Å².